The molecule has 19 heavy (non-hydrogen) atoms. The van der Waals surface area contributed by atoms with Crippen LogP contribution in [0.5, 0.6) is 0 Å². The number of ether oxygens (including phenoxy) is 1. The zero-order chi connectivity index (χ0) is 13.9. The molecular formula is C13H20N2O3S. The number of anilines is 1. The molecule has 2 rings (SSSR count). The molecule has 1 aliphatic rings. The van der Waals surface area contributed by atoms with Gasteiger partial charge in [-0.05, 0) is 32.4 Å². The first-order chi connectivity index (χ1) is 8.99. The summed E-state index contributed by atoms with van der Waals surface area (Å²) in [6.07, 6.45) is 0.895. The molecule has 1 aliphatic heterocycles. The van der Waals surface area contributed by atoms with E-state index in [0.717, 1.165) is 13.0 Å². The van der Waals surface area contributed by atoms with Crippen molar-refractivity contribution in [1.29, 1.82) is 0 Å². The highest BCUT2D eigenvalue weighted by Gasteiger charge is 2.22. The number of nitrogens with one attached hydrogen (secondary N) is 2. The predicted octanol–water partition coefficient (Wildman–Crippen LogP) is 1.57. The summed E-state index contributed by atoms with van der Waals surface area (Å²) in [6.45, 7) is 4.94. The van der Waals surface area contributed by atoms with E-state index in [-0.39, 0.29) is 17.0 Å². The van der Waals surface area contributed by atoms with Gasteiger partial charge in [0.2, 0.25) is 10.0 Å². The summed E-state index contributed by atoms with van der Waals surface area (Å²) in [6, 6.07) is 7.00. The first-order valence-corrected chi connectivity index (χ1v) is 7.93. The van der Waals surface area contributed by atoms with Gasteiger partial charge >= 0.3 is 0 Å². The first kappa shape index (κ1) is 14.3. The van der Waals surface area contributed by atoms with Crippen molar-refractivity contribution < 1.29 is 13.2 Å². The van der Waals surface area contributed by atoms with Gasteiger partial charge < -0.3 is 10.1 Å². The Balaban J connectivity index is 2.24. The number of benzene rings is 1. The van der Waals surface area contributed by atoms with Gasteiger partial charge in [-0.2, -0.15) is 0 Å². The van der Waals surface area contributed by atoms with Crippen molar-refractivity contribution in [3.05, 3.63) is 24.3 Å². The highest BCUT2D eigenvalue weighted by atomic mass is 32.2. The fourth-order valence-corrected chi connectivity index (χ4v) is 3.48. The van der Waals surface area contributed by atoms with Crippen LogP contribution in [-0.4, -0.2) is 33.7 Å². The van der Waals surface area contributed by atoms with Crippen molar-refractivity contribution in [3.8, 4) is 0 Å². The third kappa shape index (κ3) is 3.68. The highest BCUT2D eigenvalue weighted by Crippen LogP contribution is 2.23. The molecule has 2 N–H and O–H groups in total. The largest absolute Gasteiger partial charge is 0.379 e. The minimum atomic E-state index is -3.49. The van der Waals surface area contributed by atoms with Crippen LogP contribution < -0.4 is 10.0 Å². The van der Waals surface area contributed by atoms with Crippen LogP contribution in [0.3, 0.4) is 0 Å². The van der Waals surface area contributed by atoms with Crippen LogP contribution in [0.25, 0.3) is 0 Å². The summed E-state index contributed by atoms with van der Waals surface area (Å²) in [5.41, 5.74) is 0.631. The maximum absolute atomic E-state index is 12.3. The van der Waals surface area contributed by atoms with Gasteiger partial charge in [0.1, 0.15) is 4.90 Å². The molecule has 0 amide bonds. The third-order valence-corrected chi connectivity index (χ3v) is 4.57. The van der Waals surface area contributed by atoms with Crippen LogP contribution >= 0.6 is 0 Å². The van der Waals surface area contributed by atoms with Gasteiger partial charge in [-0.1, -0.05) is 12.1 Å². The van der Waals surface area contributed by atoms with Crippen LogP contribution in [0.15, 0.2) is 29.2 Å². The Bertz CT molecular complexity index is 522. The normalized spacial score (nSPS) is 19.8. The van der Waals surface area contributed by atoms with E-state index in [4.69, 9.17) is 4.74 Å². The summed E-state index contributed by atoms with van der Waals surface area (Å²) < 4.78 is 32.4. The monoisotopic (exact) mass is 284 g/mol. The summed E-state index contributed by atoms with van der Waals surface area (Å²) in [5, 5.41) is 3.24. The fraction of sp³-hybridized carbons (Fsp3) is 0.538. The molecule has 0 radical (unpaired) electrons. The first-order valence-electron chi connectivity index (χ1n) is 6.44. The minimum Gasteiger partial charge on any atom is -0.379 e. The molecule has 1 unspecified atom stereocenters. The van der Waals surface area contributed by atoms with E-state index >= 15 is 0 Å². The van der Waals surface area contributed by atoms with Gasteiger partial charge in [0.05, 0.1) is 18.3 Å². The lowest BCUT2D eigenvalue weighted by Crippen LogP contribution is -2.31. The average molecular weight is 284 g/mol. The van der Waals surface area contributed by atoms with Gasteiger partial charge in [0, 0.05) is 12.6 Å². The lowest BCUT2D eigenvalue weighted by Gasteiger charge is -2.17. The Morgan fingerprint density at radius 1 is 1.32 bits per heavy atom. The summed E-state index contributed by atoms with van der Waals surface area (Å²) in [5.74, 6) is 0. The second kappa shape index (κ2) is 5.90. The highest BCUT2D eigenvalue weighted by molar-refractivity contribution is 7.89. The zero-order valence-corrected chi connectivity index (χ0v) is 12.0. The molecule has 1 saturated heterocycles. The fourth-order valence-electron chi connectivity index (χ4n) is 2.06. The second-order valence-electron chi connectivity index (χ2n) is 4.98. The summed E-state index contributed by atoms with van der Waals surface area (Å²) in [7, 11) is -3.49. The number of sulfonamides is 1. The van der Waals surface area contributed by atoms with E-state index in [2.05, 4.69) is 10.0 Å². The van der Waals surface area contributed by atoms with Gasteiger partial charge in [0.15, 0.2) is 0 Å². The number of rotatable bonds is 5. The van der Waals surface area contributed by atoms with Crippen LogP contribution in [0.2, 0.25) is 0 Å². The molecular weight excluding hydrogens is 264 g/mol. The Morgan fingerprint density at radius 2 is 2.05 bits per heavy atom. The van der Waals surface area contributed by atoms with Crippen LogP contribution in [-0.2, 0) is 14.8 Å². The molecule has 1 aromatic carbocycles. The molecule has 0 bridgehead atoms. The van der Waals surface area contributed by atoms with Gasteiger partial charge in [-0.25, -0.2) is 13.1 Å². The smallest absolute Gasteiger partial charge is 0.242 e. The molecule has 0 aliphatic carbocycles. The van der Waals surface area contributed by atoms with E-state index in [1.54, 1.807) is 32.0 Å². The average Bonchev–Trinajstić information content (AvgIpc) is 2.80. The van der Waals surface area contributed by atoms with E-state index in [1.807, 2.05) is 6.07 Å². The molecule has 5 nitrogen and oxygen atoms in total. The molecule has 1 fully saturated rings. The van der Waals surface area contributed by atoms with E-state index in [9.17, 15) is 8.42 Å². The summed E-state index contributed by atoms with van der Waals surface area (Å²) in [4.78, 5) is 0.288. The Hall–Kier alpha value is -1.11. The number of para-hydroxylation sites is 1. The topological polar surface area (TPSA) is 67.4 Å². The van der Waals surface area contributed by atoms with Crippen molar-refractivity contribution in [2.45, 2.75) is 37.2 Å². The zero-order valence-electron chi connectivity index (χ0n) is 11.2. The lowest BCUT2D eigenvalue weighted by atomic mass is 10.2. The van der Waals surface area contributed by atoms with Crippen molar-refractivity contribution in [1.82, 2.24) is 4.72 Å². The van der Waals surface area contributed by atoms with Gasteiger partial charge in [-0.15, -0.1) is 0 Å². The van der Waals surface area contributed by atoms with E-state index < -0.39 is 10.0 Å². The van der Waals surface area contributed by atoms with Crippen molar-refractivity contribution in [3.63, 3.8) is 0 Å². The van der Waals surface area contributed by atoms with Crippen LogP contribution in [0.1, 0.15) is 20.3 Å². The van der Waals surface area contributed by atoms with Gasteiger partial charge in [0.25, 0.3) is 0 Å². The van der Waals surface area contributed by atoms with E-state index in [0.29, 0.717) is 12.3 Å². The van der Waals surface area contributed by atoms with Crippen molar-refractivity contribution in [2.24, 2.45) is 0 Å². The quantitative estimate of drug-likeness (QED) is 0.861. The Kier molecular flexibility index (Phi) is 4.44. The molecule has 6 heteroatoms. The number of hydrogen-bond acceptors (Lipinski definition) is 4. The molecule has 1 atom stereocenters. The van der Waals surface area contributed by atoms with Crippen molar-refractivity contribution >= 4 is 15.7 Å². The minimum absolute atomic E-state index is 0.132. The second-order valence-corrected chi connectivity index (χ2v) is 6.66. The van der Waals surface area contributed by atoms with Crippen LogP contribution in [0.4, 0.5) is 5.69 Å². The molecule has 0 aromatic heterocycles. The molecule has 0 saturated carbocycles. The third-order valence-electron chi connectivity index (χ3n) is 2.86. The molecule has 0 spiro atoms. The maximum atomic E-state index is 12.3. The number of hydrogen-bond donors (Lipinski definition) is 2. The Labute approximate surface area is 114 Å². The Morgan fingerprint density at radius 3 is 2.68 bits per heavy atom. The SMILES string of the molecule is CC(C)NS(=O)(=O)c1ccccc1NC1CCOC1. The molecule has 1 aromatic rings. The standard InChI is InChI=1S/C13H20N2O3S/c1-10(2)15-19(16,17)13-6-4-3-5-12(13)14-11-7-8-18-9-11/h3-6,10-11,14-15H,7-9H2,1-2H3. The lowest BCUT2D eigenvalue weighted by molar-refractivity contribution is 0.195. The van der Waals surface area contributed by atoms with Crippen molar-refractivity contribution in [2.75, 3.05) is 18.5 Å². The van der Waals surface area contributed by atoms with E-state index in [1.165, 1.54) is 0 Å². The van der Waals surface area contributed by atoms with Gasteiger partial charge in [-0.3, -0.25) is 0 Å². The predicted molar refractivity (Wildman–Crippen MR) is 74.7 cm³/mol. The molecule has 106 valence electrons. The van der Waals surface area contributed by atoms with Crippen LogP contribution in [0, 0.1) is 0 Å². The maximum Gasteiger partial charge on any atom is 0.242 e. The molecule has 1 heterocycles. The summed E-state index contributed by atoms with van der Waals surface area (Å²) >= 11 is 0.